The van der Waals surface area contributed by atoms with Gasteiger partial charge in [-0.05, 0) is 20.3 Å². The van der Waals surface area contributed by atoms with Gasteiger partial charge in [-0.1, -0.05) is 11.6 Å². The van der Waals surface area contributed by atoms with E-state index in [9.17, 15) is 9.59 Å². The van der Waals surface area contributed by atoms with Crippen molar-refractivity contribution < 1.29 is 14.7 Å². The molecule has 0 aromatic rings. The van der Waals surface area contributed by atoms with Crippen molar-refractivity contribution in [1.29, 1.82) is 0 Å². The number of nitrogens with one attached hydrogen (secondary N) is 1. The van der Waals surface area contributed by atoms with Crippen molar-refractivity contribution in [2.75, 3.05) is 13.1 Å². The van der Waals surface area contributed by atoms with Gasteiger partial charge in [-0.15, -0.1) is 0 Å². The number of amides is 2. The molecule has 1 unspecified atom stereocenters. The van der Waals surface area contributed by atoms with E-state index in [-0.39, 0.29) is 18.5 Å². The van der Waals surface area contributed by atoms with Crippen LogP contribution in [0.1, 0.15) is 26.7 Å². The monoisotopic (exact) mass is 226 g/mol. The van der Waals surface area contributed by atoms with Crippen LogP contribution in [0.15, 0.2) is 11.6 Å². The Morgan fingerprint density at radius 1 is 1.62 bits per heavy atom. The van der Waals surface area contributed by atoms with Gasteiger partial charge in [-0.25, -0.2) is 4.79 Å². The second kappa shape index (κ2) is 5.53. The van der Waals surface area contributed by atoms with E-state index in [0.717, 1.165) is 6.42 Å². The zero-order valence-electron chi connectivity index (χ0n) is 9.69. The third-order valence-corrected chi connectivity index (χ3v) is 2.47. The fraction of sp³-hybridized carbons (Fsp3) is 0.636. The van der Waals surface area contributed by atoms with E-state index in [1.165, 1.54) is 5.57 Å². The van der Waals surface area contributed by atoms with Gasteiger partial charge in [0.25, 0.3) is 0 Å². The number of urea groups is 1. The highest BCUT2D eigenvalue weighted by atomic mass is 16.4. The minimum Gasteiger partial charge on any atom is -0.481 e. The fourth-order valence-electron chi connectivity index (χ4n) is 1.70. The van der Waals surface area contributed by atoms with Gasteiger partial charge in [0.15, 0.2) is 0 Å². The molecule has 0 aromatic heterocycles. The van der Waals surface area contributed by atoms with Crippen molar-refractivity contribution in [3.05, 3.63) is 11.6 Å². The average Bonchev–Trinajstić information content (AvgIpc) is 2.16. The lowest BCUT2D eigenvalue weighted by atomic mass is 10.1. The van der Waals surface area contributed by atoms with Crippen LogP contribution in [0, 0.1) is 0 Å². The maximum absolute atomic E-state index is 11.7. The molecule has 1 rings (SSSR count). The summed E-state index contributed by atoms with van der Waals surface area (Å²) in [5.74, 6) is -0.900. The maximum atomic E-state index is 11.7. The van der Waals surface area contributed by atoms with Crippen LogP contribution in [0.25, 0.3) is 0 Å². The van der Waals surface area contributed by atoms with Crippen molar-refractivity contribution in [3.63, 3.8) is 0 Å². The molecular weight excluding hydrogens is 208 g/mol. The van der Waals surface area contributed by atoms with E-state index in [4.69, 9.17) is 5.11 Å². The molecular formula is C11H18N2O3. The Morgan fingerprint density at radius 2 is 2.31 bits per heavy atom. The molecule has 1 aliphatic rings. The normalized spacial score (nSPS) is 17.6. The molecule has 16 heavy (non-hydrogen) atoms. The van der Waals surface area contributed by atoms with Gasteiger partial charge in [0.2, 0.25) is 0 Å². The van der Waals surface area contributed by atoms with E-state index < -0.39 is 5.97 Å². The van der Waals surface area contributed by atoms with E-state index in [0.29, 0.717) is 13.1 Å². The minimum atomic E-state index is -0.900. The first kappa shape index (κ1) is 12.5. The second-order valence-electron chi connectivity index (χ2n) is 4.21. The summed E-state index contributed by atoms with van der Waals surface area (Å²) in [5, 5.41) is 11.3. The summed E-state index contributed by atoms with van der Waals surface area (Å²) in [5.41, 5.74) is 1.17. The number of aliphatic carboxylic acids is 1. The minimum absolute atomic E-state index is 0.0472. The predicted octanol–water partition coefficient (Wildman–Crippen LogP) is 1.21. The Balaban J connectivity index is 2.40. The molecule has 0 aromatic carbocycles. The lowest BCUT2D eigenvalue weighted by Crippen LogP contribution is -2.46. The van der Waals surface area contributed by atoms with E-state index in [1.54, 1.807) is 11.8 Å². The van der Waals surface area contributed by atoms with Crippen molar-refractivity contribution in [3.8, 4) is 0 Å². The van der Waals surface area contributed by atoms with E-state index in [1.807, 2.05) is 6.92 Å². The SMILES string of the molecule is CC1=CCCN(C(=O)NC(C)CC(=O)O)C1. The third-order valence-electron chi connectivity index (χ3n) is 2.47. The summed E-state index contributed by atoms with van der Waals surface area (Å²) in [7, 11) is 0. The lowest BCUT2D eigenvalue weighted by Gasteiger charge is -2.27. The Labute approximate surface area is 95.1 Å². The molecule has 0 radical (unpaired) electrons. The topological polar surface area (TPSA) is 69.6 Å². The summed E-state index contributed by atoms with van der Waals surface area (Å²) in [6, 6.07) is -0.516. The smallest absolute Gasteiger partial charge is 0.317 e. The molecule has 0 bridgehead atoms. The van der Waals surface area contributed by atoms with Gasteiger partial charge in [-0.3, -0.25) is 4.79 Å². The molecule has 1 aliphatic heterocycles. The summed E-state index contributed by atoms with van der Waals surface area (Å²) in [4.78, 5) is 23.9. The number of rotatable bonds is 3. The quantitative estimate of drug-likeness (QED) is 0.711. The molecule has 2 N–H and O–H groups in total. The lowest BCUT2D eigenvalue weighted by molar-refractivity contribution is -0.137. The number of carbonyl (C=O) groups is 2. The maximum Gasteiger partial charge on any atom is 0.317 e. The van der Waals surface area contributed by atoms with E-state index in [2.05, 4.69) is 11.4 Å². The average molecular weight is 226 g/mol. The third kappa shape index (κ3) is 3.92. The molecule has 90 valence electrons. The summed E-state index contributed by atoms with van der Waals surface area (Å²) in [6.45, 7) is 5.01. The standard InChI is InChI=1S/C11H18N2O3/c1-8-4-3-5-13(7-8)11(16)12-9(2)6-10(14)15/h4,9H,3,5-7H2,1-2H3,(H,12,16)(H,14,15). The number of carboxylic acid groups (broad SMARTS) is 1. The molecule has 2 amide bonds. The van der Waals surface area contributed by atoms with Crippen LogP contribution in [0.5, 0.6) is 0 Å². The predicted molar refractivity (Wildman–Crippen MR) is 60.2 cm³/mol. The first-order valence-electron chi connectivity index (χ1n) is 5.42. The molecule has 0 saturated heterocycles. The van der Waals surface area contributed by atoms with Crippen LogP contribution < -0.4 is 5.32 Å². The number of hydrogen-bond donors (Lipinski definition) is 2. The summed E-state index contributed by atoms with van der Waals surface area (Å²) in [6.07, 6.45) is 2.94. The Kier molecular flexibility index (Phi) is 4.34. The second-order valence-corrected chi connectivity index (χ2v) is 4.21. The highest BCUT2D eigenvalue weighted by Gasteiger charge is 2.18. The zero-order valence-corrected chi connectivity index (χ0v) is 9.69. The number of carbonyl (C=O) groups excluding carboxylic acids is 1. The Bertz CT molecular complexity index is 312. The van der Waals surface area contributed by atoms with Crippen molar-refractivity contribution in [1.82, 2.24) is 10.2 Å². The van der Waals surface area contributed by atoms with Crippen LogP contribution >= 0.6 is 0 Å². The largest absolute Gasteiger partial charge is 0.481 e. The Morgan fingerprint density at radius 3 is 2.88 bits per heavy atom. The number of carboxylic acids is 1. The van der Waals surface area contributed by atoms with Crippen LogP contribution in [0.3, 0.4) is 0 Å². The van der Waals surface area contributed by atoms with Gasteiger partial charge >= 0.3 is 12.0 Å². The van der Waals surface area contributed by atoms with Gasteiger partial charge in [0.1, 0.15) is 0 Å². The van der Waals surface area contributed by atoms with Gasteiger partial charge in [-0.2, -0.15) is 0 Å². The highest BCUT2D eigenvalue weighted by Crippen LogP contribution is 2.08. The fourth-order valence-corrected chi connectivity index (χ4v) is 1.70. The summed E-state index contributed by atoms with van der Waals surface area (Å²) >= 11 is 0. The van der Waals surface area contributed by atoms with Crippen LogP contribution in [0.2, 0.25) is 0 Å². The zero-order chi connectivity index (χ0) is 12.1. The molecule has 5 nitrogen and oxygen atoms in total. The van der Waals surface area contributed by atoms with Crippen LogP contribution in [-0.2, 0) is 4.79 Å². The molecule has 0 saturated carbocycles. The Hall–Kier alpha value is -1.52. The van der Waals surface area contributed by atoms with Crippen LogP contribution in [0.4, 0.5) is 4.79 Å². The van der Waals surface area contributed by atoms with Crippen molar-refractivity contribution in [2.24, 2.45) is 0 Å². The van der Waals surface area contributed by atoms with Crippen LogP contribution in [-0.4, -0.2) is 41.1 Å². The van der Waals surface area contributed by atoms with Gasteiger partial charge < -0.3 is 15.3 Å². The summed E-state index contributed by atoms with van der Waals surface area (Å²) < 4.78 is 0. The first-order valence-corrected chi connectivity index (χ1v) is 5.42. The molecule has 0 spiro atoms. The molecule has 5 heteroatoms. The highest BCUT2D eigenvalue weighted by molar-refractivity contribution is 5.76. The van der Waals surface area contributed by atoms with Crippen molar-refractivity contribution in [2.45, 2.75) is 32.7 Å². The number of hydrogen-bond acceptors (Lipinski definition) is 2. The van der Waals surface area contributed by atoms with Gasteiger partial charge in [0, 0.05) is 19.1 Å². The van der Waals surface area contributed by atoms with E-state index >= 15 is 0 Å². The first-order chi connectivity index (χ1) is 7.49. The molecule has 1 heterocycles. The molecule has 0 fully saturated rings. The van der Waals surface area contributed by atoms with Gasteiger partial charge in [0.05, 0.1) is 6.42 Å². The molecule has 0 aliphatic carbocycles. The van der Waals surface area contributed by atoms with Crippen molar-refractivity contribution >= 4 is 12.0 Å². The molecule has 1 atom stereocenters. The number of nitrogens with zero attached hydrogens (tertiary/aromatic N) is 1.